The Morgan fingerprint density at radius 3 is 2.00 bits per heavy atom. The number of hydrogen-bond acceptors (Lipinski definition) is 3. The summed E-state index contributed by atoms with van der Waals surface area (Å²) in [4.78, 5) is 22.2. The van der Waals surface area contributed by atoms with Gasteiger partial charge in [-0.1, -0.05) is 20.8 Å². The van der Waals surface area contributed by atoms with Gasteiger partial charge in [0.15, 0.2) is 0 Å². The molecule has 0 aliphatic heterocycles. The van der Waals surface area contributed by atoms with Gasteiger partial charge in [0.1, 0.15) is 6.04 Å². The summed E-state index contributed by atoms with van der Waals surface area (Å²) in [6.07, 6.45) is 0. The molecule has 0 aromatic rings. The molecule has 0 saturated heterocycles. The van der Waals surface area contributed by atoms with Crippen LogP contribution in [0.3, 0.4) is 0 Å². The molecule has 2 amide bonds. The summed E-state index contributed by atoms with van der Waals surface area (Å²) in [5.41, 5.74) is 1.89. The fraction of sp³-hybridized carbons (Fsp3) is 0.778. The van der Waals surface area contributed by atoms with E-state index in [1.54, 1.807) is 34.9 Å². The number of carbonyl (C=O) groups is 2. The monoisotopic (exact) mass is 217 g/mol. The predicted octanol–water partition coefficient (Wildman–Crippen LogP) is 0.261. The highest BCUT2D eigenvalue weighted by molar-refractivity contribution is 5.82. The molecule has 0 aromatic heterocycles. The Morgan fingerprint density at radius 1 is 1.27 bits per heavy atom. The Bertz CT molecular complexity index is 245. The van der Waals surface area contributed by atoms with Gasteiger partial charge in [-0.05, 0) is 5.41 Å². The van der Waals surface area contributed by atoms with Gasteiger partial charge in [-0.2, -0.15) is 0 Å². The van der Waals surface area contributed by atoms with Crippen molar-refractivity contribution < 1.29 is 14.7 Å². The molecule has 3 N–H and O–H groups in total. The molecule has 0 unspecified atom stereocenters. The number of nitrogens with one attached hydrogen (secondary N) is 2. The van der Waals surface area contributed by atoms with Crippen molar-refractivity contribution >= 4 is 12.0 Å². The van der Waals surface area contributed by atoms with E-state index in [2.05, 4.69) is 10.7 Å². The van der Waals surface area contributed by atoms with Gasteiger partial charge < -0.3 is 10.4 Å². The van der Waals surface area contributed by atoms with Crippen LogP contribution in [0.1, 0.15) is 20.8 Å². The fourth-order valence-corrected chi connectivity index (χ4v) is 1.02. The van der Waals surface area contributed by atoms with Crippen LogP contribution in [-0.2, 0) is 4.79 Å². The van der Waals surface area contributed by atoms with Crippen molar-refractivity contribution in [3.63, 3.8) is 0 Å². The number of carbonyl (C=O) groups excluding carboxylic acids is 1. The lowest BCUT2D eigenvalue weighted by Crippen LogP contribution is -2.54. The summed E-state index contributed by atoms with van der Waals surface area (Å²) in [7, 11) is 3.29. The molecular weight excluding hydrogens is 198 g/mol. The van der Waals surface area contributed by atoms with Crippen molar-refractivity contribution in [3.8, 4) is 0 Å². The lowest BCUT2D eigenvalue weighted by molar-refractivity contribution is -0.141. The number of urea groups is 1. The number of hydrazine groups is 1. The number of carboxylic acid groups (broad SMARTS) is 1. The SMILES string of the molecule is CN(C)NC(=O)N[C@@H](C(=O)O)C(C)(C)C. The van der Waals surface area contributed by atoms with E-state index in [1.807, 2.05) is 0 Å². The number of amides is 2. The largest absolute Gasteiger partial charge is 0.480 e. The zero-order valence-electron chi connectivity index (χ0n) is 9.79. The van der Waals surface area contributed by atoms with E-state index in [-0.39, 0.29) is 0 Å². The molecular formula is C9H19N3O3. The Balaban J connectivity index is 4.44. The van der Waals surface area contributed by atoms with Crippen molar-refractivity contribution in [2.75, 3.05) is 14.1 Å². The highest BCUT2D eigenvalue weighted by atomic mass is 16.4. The molecule has 6 heteroatoms. The number of nitrogens with zero attached hydrogens (tertiary/aromatic N) is 1. The van der Waals surface area contributed by atoms with E-state index in [9.17, 15) is 9.59 Å². The third kappa shape index (κ3) is 5.21. The van der Waals surface area contributed by atoms with Gasteiger partial charge in [-0.15, -0.1) is 0 Å². The van der Waals surface area contributed by atoms with Gasteiger partial charge in [0.2, 0.25) is 0 Å². The lowest BCUT2D eigenvalue weighted by Gasteiger charge is -2.28. The van der Waals surface area contributed by atoms with Crippen molar-refractivity contribution in [2.24, 2.45) is 5.41 Å². The minimum atomic E-state index is -1.04. The Hall–Kier alpha value is -1.30. The molecule has 0 radical (unpaired) electrons. The minimum absolute atomic E-state index is 0.526. The van der Waals surface area contributed by atoms with Gasteiger partial charge in [0.25, 0.3) is 0 Å². The fourth-order valence-electron chi connectivity index (χ4n) is 1.02. The molecule has 0 heterocycles. The van der Waals surface area contributed by atoms with Gasteiger partial charge in [0.05, 0.1) is 0 Å². The molecule has 0 rings (SSSR count). The average Bonchev–Trinajstić information content (AvgIpc) is 1.95. The lowest BCUT2D eigenvalue weighted by atomic mass is 9.87. The van der Waals surface area contributed by atoms with E-state index in [1.165, 1.54) is 5.01 Å². The third-order valence-electron chi connectivity index (χ3n) is 1.71. The first-order chi connectivity index (χ1) is 6.64. The van der Waals surface area contributed by atoms with Crippen LogP contribution in [0, 0.1) is 5.41 Å². The second-order valence-corrected chi connectivity index (χ2v) is 4.62. The van der Waals surface area contributed by atoms with Crippen molar-refractivity contribution in [1.82, 2.24) is 15.8 Å². The minimum Gasteiger partial charge on any atom is -0.480 e. The van der Waals surface area contributed by atoms with Gasteiger partial charge in [-0.25, -0.2) is 14.6 Å². The van der Waals surface area contributed by atoms with Crippen LogP contribution in [-0.4, -0.2) is 42.3 Å². The average molecular weight is 217 g/mol. The summed E-state index contributed by atoms with van der Waals surface area (Å²) in [5, 5.41) is 12.8. The summed E-state index contributed by atoms with van der Waals surface area (Å²) < 4.78 is 0. The van der Waals surface area contributed by atoms with Crippen LogP contribution in [0.4, 0.5) is 4.79 Å². The number of aliphatic carboxylic acids is 1. The zero-order valence-corrected chi connectivity index (χ0v) is 9.79. The van der Waals surface area contributed by atoms with Crippen molar-refractivity contribution in [2.45, 2.75) is 26.8 Å². The first kappa shape index (κ1) is 13.7. The number of rotatable bonds is 3. The smallest absolute Gasteiger partial charge is 0.330 e. The van der Waals surface area contributed by atoms with E-state index < -0.39 is 23.5 Å². The molecule has 6 nitrogen and oxygen atoms in total. The topological polar surface area (TPSA) is 81.7 Å². The molecule has 0 saturated carbocycles. The summed E-state index contributed by atoms with van der Waals surface area (Å²) in [6.45, 7) is 5.26. The third-order valence-corrected chi connectivity index (χ3v) is 1.71. The normalized spacial score (nSPS) is 13.5. The Labute approximate surface area is 89.6 Å². The molecule has 0 spiro atoms. The van der Waals surface area contributed by atoms with Gasteiger partial charge in [-0.3, -0.25) is 5.43 Å². The maximum Gasteiger partial charge on any atom is 0.330 e. The van der Waals surface area contributed by atoms with Crippen LogP contribution < -0.4 is 10.7 Å². The second-order valence-electron chi connectivity index (χ2n) is 4.62. The quantitative estimate of drug-likeness (QED) is 0.592. The Kier molecular flexibility index (Phi) is 4.54. The molecule has 0 fully saturated rings. The molecule has 88 valence electrons. The second kappa shape index (κ2) is 4.97. The van der Waals surface area contributed by atoms with E-state index in [0.29, 0.717) is 0 Å². The summed E-state index contributed by atoms with van der Waals surface area (Å²) in [6, 6.07) is -1.44. The molecule has 0 aromatic carbocycles. The first-order valence-electron chi connectivity index (χ1n) is 4.62. The summed E-state index contributed by atoms with van der Waals surface area (Å²) in [5.74, 6) is -1.04. The molecule has 15 heavy (non-hydrogen) atoms. The van der Waals surface area contributed by atoms with Gasteiger partial charge in [0, 0.05) is 14.1 Å². The predicted molar refractivity (Wildman–Crippen MR) is 56.2 cm³/mol. The molecule has 0 aliphatic rings. The first-order valence-corrected chi connectivity index (χ1v) is 4.62. The van der Waals surface area contributed by atoms with Crippen LogP contribution >= 0.6 is 0 Å². The maximum atomic E-state index is 11.3. The number of hydrogen-bond donors (Lipinski definition) is 3. The van der Waals surface area contributed by atoms with E-state index in [0.717, 1.165) is 0 Å². The Morgan fingerprint density at radius 2 is 1.73 bits per heavy atom. The molecule has 0 aliphatic carbocycles. The molecule has 0 bridgehead atoms. The maximum absolute atomic E-state index is 11.3. The van der Waals surface area contributed by atoms with Gasteiger partial charge >= 0.3 is 12.0 Å². The van der Waals surface area contributed by atoms with Crippen LogP contribution in [0.15, 0.2) is 0 Å². The molecule has 1 atom stereocenters. The highest BCUT2D eigenvalue weighted by Gasteiger charge is 2.32. The zero-order chi connectivity index (χ0) is 12.2. The van der Waals surface area contributed by atoms with E-state index >= 15 is 0 Å². The highest BCUT2D eigenvalue weighted by Crippen LogP contribution is 2.19. The van der Waals surface area contributed by atoms with Crippen molar-refractivity contribution in [1.29, 1.82) is 0 Å². The summed E-state index contributed by atoms with van der Waals surface area (Å²) >= 11 is 0. The van der Waals surface area contributed by atoms with Crippen LogP contribution in [0.25, 0.3) is 0 Å². The standard InChI is InChI=1S/C9H19N3O3/c1-9(2,3)6(7(13)14)10-8(15)11-12(4)5/h6H,1-5H3,(H,13,14)(H2,10,11,15)/t6-/m0/s1. The number of carboxylic acids is 1. The van der Waals surface area contributed by atoms with Crippen LogP contribution in [0.5, 0.6) is 0 Å². The van der Waals surface area contributed by atoms with Crippen LogP contribution in [0.2, 0.25) is 0 Å². The van der Waals surface area contributed by atoms with E-state index in [4.69, 9.17) is 5.11 Å². The van der Waals surface area contributed by atoms with Crippen molar-refractivity contribution in [3.05, 3.63) is 0 Å².